The van der Waals surface area contributed by atoms with Crippen molar-refractivity contribution in [2.75, 3.05) is 13.1 Å². The molecule has 3 rings (SSSR count). The Morgan fingerprint density at radius 1 is 1.25 bits per heavy atom. The minimum absolute atomic E-state index is 0.105. The summed E-state index contributed by atoms with van der Waals surface area (Å²) in [6.45, 7) is 5.53. The summed E-state index contributed by atoms with van der Waals surface area (Å²) < 4.78 is 5.43. The molecule has 0 radical (unpaired) electrons. The van der Waals surface area contributed by atoms with E-state index >= 15 is 0 Å². The summed E-state index contributed by atoms with van der Waals surface area (Å²) in [6.07, 6.45) is 1.60. The first kappa shape index (κ1) is 16.2. The molecule has 0 aliphatic carbocycles. The van der Waals surface area contributed by atoms with Crippen molar-refractivity contribution < 1.29 is 9.21 Å². The molecule has 0 unspecified atom stereocenters. The third-order valence-corrected chi connectivity index (χ3v) is 3.86. The Morgan fingerprint density at radius 2 is 2.08 bits per heavy atom. The van der Waals surface area contributed by atoms with Crippen molar-refractivity contribution in [1.29, 1.82) is 0 Å². The maximum Gasteiger partial charge on any atom is 0.252 e. The normalized spacial score (nSPS) is 12.2. The predicted molar refractivity (Wildman–Crippen MR) is 94.9 cm³/mol. The van der Waals surface area contributed by atoms with E-state index < -0.39 is 0 Å². The first-order chi connectivity index (χ1) is 11.7. The van der Waals surface area contributed by atoms with E-state index in [0.717, 1.165) is 17.4 Å². The zero-order valence-corrected chi connectivity index (χ0v) is 13.9. The Morgan fingerprint density at radius 3 is 2.83 bits per heavy atom. The number of amides is 1. The molecular weight excluding hydrogens is 302 g/mol. The van der Waals surface area contributed by atoms with E-state index in [1.54, 1.807) is 12.3 Å². The SMILES string of the molecule is CCN[C@H](C)CNC(=O)c1cc(-c2ccco2)nc2ccccc12. The number of carbonyl (C=O) groups excluding carboxylic acids is 1. The molecule has 1 aromatic carbocycles. The van der Waals surface area contributed by atoms with E-state index in [1.807, 2.05) is 50.2 Å². The highest BCUT2D eigenvalue weighted by Crippen LogP contribution is 2.25. The second kappa shape index (κ2) is 7.27. The summed E-state index contributed by atoms with van der Waals surface area (Å²) >= 11 is 0. The zero-order valence-electron chi connectivity index (χ0n) is 13.9. The number of aromatic nitrogens is 1. The van der Waals surface area contributed by atoms with Crippen LogP contribution >= 0.6 is 0 Å². The van der Waals surface area contributed by atoms with Gasteiger partial charge in [-0.1, -0.05) is 25.1 Å². The summed E-state index contributed by atoms with van der Waals surface area (Å²) in [5.41, 5.74) is 2.04. The summed E-state index contributed by atoms with van der Waals surface area (Å²) in [5, 5.41) is 7.10. The third kappa shape index (κ3) is 3.46. The molecule has 1 amide bonds. The lowest BCUT2D eigenvalue weighted by molar-refractivity contribution is 0.0952. The van der Waals surface area contributed by atoms with Gasteiger partial charge in [-0.15, -0.1) is 0 Å². The molecule has 0 saturated heterocycles. The van der Waals surface area contributed by atoms with Crippen LogP contribution in [0.15, 0.2) is 53.1 Å². The predicted octanol–water partition coefficient (Wildman–Crippen LogP) is 3.22. The van der Waals surface area contributed by atoms with E-state index in [4.69, 9.17) is 4.42 Å². The average Bonchev–Trinajstić information content (AvgIpc) is 3.13. The Bertz CT molecular complexity index is 828. The molecule has 24 heavy (non-hydrogen) atoms. The van der Waals surface area contributed by atoms with Gasteiger partial charge in [0.15, 0.2) is 5.76 Å². The van der Waals surface area contributed by atoms with Gasteiger partial charge in [-0.25, -0.2) is 4.98 Å². The van der Waals surface area contributed by atoms with Gasteiger partial charge in [-0.05, 0) is 37.7 Å². The van der Waals surface area contributed by atoms with Crippen molar-refractivity contribution in [3.8, 4) is 11.5 Å². The van der Waals surface area contributed by atoms with Gasteiger partial charge in [0.2, 0.25) is 0 Å². The highest BCUT2D eigenvalue weighted by atomic mass is 16.3. The molecule has 5 nitrogen and oxygen atoms in total. The maximum atomic E-state index is 12.7. The van der Waals surface area contributed by atoms with Crippen LogP contribution < -0.4 is 10.6 Å². The van der Waals surface area contributed by atoms with E-state index in [0.29, 0.717) is 23.6 Å². The number of hydrogen-bond acceptors (Lipinski definition) is 4. The average molecular weight is 323 g/mol. The van der Waals surface area contributed by atoms with Crippen molar-refractivity contribution in [2.45, 2.75) is 19.9 Å². The van der Waals surface area contributed by atoms with Gasteiger partial charge in [-0.3, -0.25) is 4.79 Å². The van der Waals surface area contributed by atoms with E-state index in [-0.39, 0.29) is 11.9 Å². The monoisotopic (exact) mass is 323 g/mol. The Balaban J connectivity index is 1.95. The molecule has 3 aromatic rings. The van der Waals surface area contributed by atoms with Crippen molar-refractivity contribution in [1.82, 2.24) is 15.6 Å². The van der Waals surface area contributed by atoms with Crippen LogP contribution in [0.3, 0.4) is 0 Å². The Kier molecular flexibility index (Phi) is 4.91. The molecule has 0 aliphatic rings. The van der Waals surface area contributed by atoms with Gasteiger partial charge in [0.25, 0.3) is 5.91 Å². The van der Waals surface area contributed by atoms with Gasteiger partial charge in [0.05, 0.1) is 17.3 Å². The van der Waals surface area contributed by atoms with E-state index in [2.05, 4.69) is 15.6 Å². The molecule has 5 heteroatoms. The molecule has 0 bridgehead atoms. The highest BCUT2D eigenvalue weighted by Gasteiger charge is 2.15. The van der Waals surface area contributed by atoms with Crippen molar-refractivity contribution in [3.05, 3.63) is 54.3 Å². The molecule has 2 aromatic heterocycles. The molecule has 124 valence electrons. The maximum absolute atomic E-state index is 12.7. The number of benzene rings is 1. The van der Waals surface area contributed by atoms with Crippen LogP contribution in [0.1, 0.15) is 24.2 Å². The molecule has 0 fully saturated rings. The van der Waals surface area contributed by atoms with E-state index in [1.165, 1.54) is 0 Å². The van der Waals surface area contributed by atoms with Crippen molar-refractivity contribution in [2.24, 2.45) is 0 Å². The quantitative estimate of drug-likeness (QED) is 0.731. The number of nitrogens with one attached hydrogen (secondary N) is 2. The van der Waals surface area contributed by atoms with Crippen molar-refractivity contribution >= 4 is 16.8 Å². The minimum Gasteiger partial charge on any atom is -0.463 e. The highest BCUT2D eigenvalue weighted by molar-refractivity contribution is 6.07. The molecule has 2 N–H and O–H groups in total. The molecule has 0 aliphatic heterocycles. The lowest BCUT2D eigenvalue weighted by Crippen LogP contribution is -2.38. The van der Waals surface area contributed by atoms with Crippen LogP contribution in [0.4, 0.5) is 0 Å². The van der Waals surface area contributed by atoms with Gasteiger partial charge in [-0.2, -0.15) is 0 Å². The van der Waals surface area contributed by atoms with Crippen LogP contribution in [0.2, 0.25) is 0 Å². The second-order valence-corrected chi connectivity index (χ2v) is 5.72. The zero-order chi connectivity index (χ0) is 16.9. The first-order valence-corrected chi connectivity index (χ1v) is 8.14. The smallest absolute Gasteiger partial charge is 0.252 e. The summed E-state index contributed by atoms with van der Waals surface area (Å²) in [7, 11) is 0. The van der Waals surface area contributed by atoms with Gasteiger partial charge >= 0.3 is 0 Å². The number of likely N-dealkylation sites (N-methyl/N-ethyl adjacent to an activating group) is 1. The fraction of sp³-hybridized carbons (Fsp3) is 0.263. The fourth-order valence-corrected chi connectivity index (χ4v) is 2.68. The lowest BCUT2D eigenvalue weighted by atomic mass is 10.1. The van der Waals surface area contributed by atoms with E-state index in [9.17, 15) is 4.79 Å². The van der Waals surface area contributed by atoms with Crippen LogP contribution in [0.5, 0.6) is 0 Å². The van der Waals surface area contributed by atoms with Gasteiger partial charge in [0, 0.05) is 18.0 Å². The largest absolute Gasteiger partial charge is 0.463 e. The fourth-order valence-electron chi connectivity index (χ4n) is 2.68. The lowest BCUT2D eigenvalue weighted by Gasteiger charge is -2.14. The number of rotatable bonds is 6. The van der Waals surface area contributed by atoms with Crippen LogP contribution in [0, 0.1) is 0 Å². The Labute approximate surface area is 141 Å². The summed E-state index contributed by atoms with van der Waals surface area (Å²) in [5.74, 6) is 0.543. The standard InChI is InChI=1S/C19H21N3O2/c1-3-20-13(2)12-21-19(23)15-11-17(18-9-6-10-24-18)22-16-8-5-4-7-14(15)16/h4-11,13,20H,3,12H2,1-2H3,(H,21,23)/t13-/m1/s1. The van der Waals surface area contributed by atoms with Crippen LogP contribution in [-0.2, 0) is 0 Å². The number of furan rings is 1. The number of para-hydroxylation sites is 1. The van der Waals surface area contributed by atoms with Gasteiger partial charge < -0.3 is 15.1 Å². The number of carbonyl (C=O) groups is 1. The third-order valence-electron chi connectivity index (χ3n) is 3.86. The van der Waals surface area contributed by atoms with Gasteiger partial charge in [0.1, 0.15) is 5.69 Å². The minimum atomic E-state index is -0.105. The van der Waals surface area contributed by atoms with Crippen LogP contribution in [0.25, 0.3) is 22.4 Å². The number of fused-ring (bicyclic) bond motifs is 1. The number of nitrogens with zero attached hydrogens (tertiary/aromatic N) is 1. The number of pyridine rings is 1. The molecule has 0 spiro atoms. The first-order valence-electron chi connectivity index (χ1n) is 8.14. The topological polar surface area (TPSA) is 67.2 Å². The molecule has 0 saturated carbocycles. The molecule has 1 atom stereocenters. The number of hydrogen-bond donors (Lipinski definition) is 2. The van der Waals surface area contributed by atoms with Crippen LogP contribution in [-0.4, -0.2) is 30.0 Å². The van der Waals surface area contributed by atoms with Crippen molar-refractivity contribution in [3.63, 3.8) is 0 Å². The summed E-state index contributed by atoms with van der Waals surface area (Å²) in [6, 6.07) is 13.3. The molecule has 2 heterocycles. The Hall–Kier alpha value is -2.66. The second-order valence-electron chi connectivity index (χ2n) is 5.72. The summed E-state index contributed by atoms with van der Waals surface area (Å²) in [4.78, 5) is 17.3. The molecular formula is C19H21N3O2.